The second-order valence-corrected chi connectivity index (χ2v) is 8.26. The van der Waals surface area contributed by atoms with Crippen LogP contribution < -0.4 is 4.74 Å². The molecule has 0 aliphatic rings. The molecule has 31 heavy (non-hydrogen) atoms. The zero-order valence-electron chi connectivity index (χ0n) is 17.2. The van der Waals surface area contributed by atoms with Crippen LogP contribution in [0.15, 0.2) is 89.4 Å². The summed E-state index contributed by atoms with van der Waals surface area (Å²) in [6.07, 6.45) is 0. The highest BCUT2D eigenvalue weighted by Crippen LogP contribution is 2.37. The quantitative estimate of drug-likeness (QED) is 0.290. The minimum Gasteiger partial charge on any atom is -0.497 e. The molecule has 0 saturated carbocycles. The van der Waals surface area contributed by atoms with Gasteiger partial charge < -0.3 is 4.74 Å². The fourth-order valence-electron chi connectivity index (χ4n) is 3.81. The van der Waals surface area contributed by atoms with Crippen molar-refractivity contribution >= 4 is 21.6 Å². The van der Waals surface area contributed by atoms with Crippen LogP contribution in [0.1, 0.15) is 5.69 Å². The molecule has 5 rings (SSSR count). The third kappa shape index (κ3) is 3.62. The second kappa shape index (κ2) is 8.00. The number of aromatic nitrogens is 3. The summed E-state index contributed by atoms with van der Waals surface area (Å²) in [7, 11) is 1.67. The molecule has 0 atom stereocenters. The summed E-state index contributed by atoms with van der Waals surface area (Å²) >= 11 is 3.60. The molecule has 0 N–H and O–H groups in total. The molecule has 5 aromatic rings. The SMILES string of the molecule is COc1ccc(-c2cc(C)nc3c(-c4ccccc4)c(-c4cccc(Br)c4)nn23)cc1. The van der Waals surface area contributed by atoms with Gasteiger partial charge in [-0.3, -0.25) is 0 Å². The highest BCUT2D eigenvalue weighted by atomic mass is 79.9. The predicted octanol–water partition coefficient (Wildman–Crippen LogP) is 6.81. The van der Waals surface area contributed by atoms with Crippen LogP contribution in [-0.4, -0.2) is 21.7 Å². The Morgan fingerprint density at radius 2 is 1.55 bits per heavy atom. The zero-order valence-corrected chi connectivity index (χ0v) is 18.8. The summed E-state index contributed by atoms with van der Waals surface area (Å²) in [5, 5.41) is 5.06. The van der Waals surface area contributed by atoms with E-state index in [1.165, 1.54) is 0 Å². The Hall–Kier alpha value is -3.44. The molecule has 0 fully saturated rings. The molecule has 0 saturated heterocycles. The molecule has 0 spiro atoms. The number of hydrogen-bond donors (Lipinski definition) is 0. The summed E-state index contributed by atoms with van der Waals surface area (Å²) in [6, 6.07) is 28.7. The van der Waals surface area contributed by atoms with Crippen molar-refractivity contribution in [1.82, 2.24) is 14.6 Å². The van der Waals surface area contributed by atoms with Crippen LogP contribution in [0.25, 0.3) is 39.3 Å². The van der Waals surface area contributed by atoms with E-state index in [-0.39, 0.29) is 0 Å². The van der Waals surface area contributed by atoms with Crippen molar-refractivity contribution in [1.29, 1.82) is 0 Å². The molecule has 3 aromatic carbocycles. The van der Waals surface area contributed by atoms with Crippen LogP contribution in [0, 0.1) is 6.92 Å². The average Bonchev–Trinajstić information content (AvgIpc) is 3.18. The third-order valence-corrected chi connectivity index (χ3v) is 5.76. The molecule has 4 nitrogen and oxygen atoms in total. The van der Waals surface area contributed by atoms with E-state index in [4.69, 9.17) is 14.8 Å². The topological polar surface area (TPSA) is 39.4 Å². The summed E-state index contributed by atoms with van der Waals surface area (Å²) in [5.74, 6) is 0.825. The van der Waals surface area contributed by atoms with Gasteiger partial charge in [-0.2, -0.15) is 5.10 Å². The van der Waals surface area contributed by atoms with Gasteiger partial charge in [-0.25, -0.2) is 9.50 Å². The van der Waals surface area contributed by atoms with Crippen molar-refractivity contribution in [3.8, 4) is 39.4 Å². The molecule has 2 heterocycles. The highest BCUT2D eigenvalue weighted by Gasteiger charge is 2.20. The van der Waals surface area contributed by atoms with E-state index >= 15 is 0 Å². The summed E-state index contributed by atoms with van der Waals surface area (Å²) in [6.45, 7) is 2.02. The highest BCUT2D eigenvalue weighted by molar-refractivity contribution is 9.10. The van der Waals surface area contributed by atoms with Crippen LogP contribution in [0.2, 0.25) is 0 Å². The van der Waals surface area contributed by atoms with Crippen molar-refractivity contribution in [3.63, 3.8) is 0 Å². The lowest BCUT2D eigenvalue weighted by atomic mass is 10.0. The Morgan fingerprint density at radius 3 is 2.26 bits per heavy atom. The number of methoxy groups -OCH3 is 1. The minimum atomic E-state index is 0.825. The second-order valence-electron chi connectivity index (χ2n) is 7.35. The fraction of sp³-hybridized carbons (Fsp3) is 0.0769. The minimum absolute atomic E-state index is 0.825. The third-order valence-electron chi connectivity index (χ3n) is 5.26. The molecular weight excluding hydrogens is 450 g/mol. The Morgan fingerprint density at radius 1 is 0.806 bits per heavy atom. The maximum atomic E-state index is 5.33. The lowest BCUT2D eigenvalue weighted by molar-refractivity contribution is 0.415. The molecule has 152 valence electrons. The van der Waals surface area contributed by atoms with E-state index in [2.05, 4.69) is 58.4 Å². The number of aryl methyl sites for hydroxylation is 1. The zero-order chi connectivity index (χ0) is 21.4. The van der Waals surface area contributed by atoms with Crippen molar-refractivity contribution in [3.05, 3.63) is 95.1 Å². The predicted molar refractivity (Wildman–Crippen MR) is 128 cm³/mol. The lowest BCUT2D eigenvalue weighted by Crippen LogP contribution is -1.98. The van der Waals surface area contributed by atoms with Gasteiger partial charge in [-0.15, -0.1) is 0 Å². The monoisotopic (exact) mass is 469 g/mol. The van der Waals surface area contributed by atoms with E-state index in [1.54, 1.807) is 7.11 Å². The van der Waals surface area contributed by atoms with E-state index in [0.29, 0.717) is 0 Å². The molecule has 0 radical (unpaired) electrons. The van der Waals surface area contributed by atoms with Crippen molar-refractivity contribution in [2.45, 2.75) is 6.92 Å². The normalized spacial score (nSPS) is 11.1. The number of benzene rings is 3. The Kier molecular flexibility index (Phi) is 5.04. The molecular formula is C26H20BrN3O. The Balaban J connectivity index is 1.84. The lowest BCUT2D eigenvalue weighted by Gasteiger charge is -2.08. The number of ether oxygens (including phenoxy) is 1. The van der Waals surface area contributed by atoms with Crippen LogP contribution in [0.5, 0.6) is 5.75 Å². The van der Waals surface area contributed by atoms with Crippen LogP contribution >= 0.6 is 15.9 Å². The van der Waals surface area contributed by atoms with Crippen molar-refractivity contribution in [2.75, 3.05) is 7.11 Å². The summed E-state index contributed by atoms with van der Waals surface area (Å²) in [4.78, 5) is 4.90. The smallest absolute Gasteiger partial charge is 0.164 e. The van der Waals surface area contributed by atoms with E-state index < -0.39 is 0 Å². The van der Waals surface area contributed by atoms with Crippen LogP contribution in [0.3, 0.4) is 0 Å². The number of halogens is 1. The molecule has 0 aliphatic carbocycles. The van der Waals surface area contributed by atoms with E-state index in [9.17, 15) is 0 Å². The van der Waals surface area contributed by atoms with Crippen LogP contribution in [-0.2, 0) is 0 Å². The van der Waals surface area contributed by atoms with Gasteiger partial charge in [0, 0.05) is 21.3 Å². The molecule has 0 unspecified atom stereocenters. The molecule has 0 amide bonds. The first kappa shape index (κ1) is 19.5. The van der Waals surface area contributed by atoms with E-state index in [0.717, 1.165) is 55.2 Å². The number of hydrogen-bond acceptors (Lipinski definition) is 3. The maximum absolute atomic E-state index is 5.33. The van der Waals surface area contributed by atoms with Crippen molar-refractivity contribution in [2.24, 2.45) is 0 Å². The Labute approximate surface area is 189 Å². The maximum Gasteiger partial charge on any atom is 0.164 e. The van der Waals surface area contributed by atoms with E-state index in [1.807, 2.05) is 53.9 Å². The standard InChI is InChI=1S/C26H20BrN3O/c1-17-15-23(18-11-13-22(31-2)14-12-18)30-26(28-17)24(19-7-4-3-5-8-19)25(29-30)20-9-6-10-21(27)16-20/h3-16H,1-2H3. The molecule has 0 aliphatic heterocycles. The van der Waals surface area contributed by atoms with Gasteiger partial charge in [0.05, 0.1) is 18.4 Å². The number of fused-ring (bicyclic) bond motifs is 1. The van der Waals surface area contributed by atoms with Gasteiger partial charge >= 0.3 is 0 Å². The van der Waals surface area contributed by atoms with Gasteiger partial charge in [0.1, 0.15) is 11.4 Å². The van der Waals surface area contributed by atoms with Gasteiger partial charge in [0.15, 0.2) is 5.65 Å². The summed E-state index contributed by atoms with van der Waals surface area (Å²) in [5.41, 5.74) is 7.88. The van der Waals surface area contributed by atoms with Gasteiger partial charge in [-0.1, -0.05) is 58.4 Å². The molecule has 2 aromatic heterocycles. The van der Waals surface area contributed by atoms with Gasteiger partial charge in [0.2, 0.25) is 0 Å². The average molecular weight is 470 g/mol. The van der Waals surface area contributed by atoms with Gasteiger partial charge in [-0.05, 0) is 55.0 Å². The fourth-order valence-corrected chi connectivity index (χ4v) is 4.21. The number of nitrogens with zero attached hydrogens (tertiary/aromatic N) is 3. The Bertz CT molecular complexity index is 1380. The molecule has 0 bridgehead atoms. The largest absolute Gasteiger partial charge is 0.497 e. The first-order valence-electron chi connectivity index (χ1n) is 10.0. The first-order valence-corrected chi connectivity index (χ1v) is 10.8. The number of rotatable bonds is 4. The first-order chi connectivity index (χ1) is 15.1. The molecule has 5 heteroatoms. The van der Waals surface area contributed by atoms with Crippen LogP contribution in [0.4, 0.5) is 0 Å². The van der Waals surface area contributed by atoms with Gasteiger partial charge in [0.25, 0.3) is 0 Å². The summed E-state index contributed by atoms with van der Waals surface area (Å²) < 4.78 is 8.29. The van der Waals surface area contributed by atoms with Crippen molar-refractivity contribution < 1.29 is 4.74 Å².